The van der Waals surface area contributed by atoms with Crippen molar-refractivity contribution in [1.82, 2.24) is 0 Å². The fourth-order valence-electron chi connectivity index (χ4n) is 1.57. The van der Waals surface area contributed by atoms with Crippen molar-refractivity contribution < 1.29 is 0 Å². The highest BCUT2D eigenvalue weighted by molar-refractivity contribution is 7.99. The van der Waals surface area contributed by atoms with Crippen molar-refractivity contribution in [2.45, 2.75) is 32.4 Å². The fourth-order valence-corrected chi connectivity index (χ4v) is 2.84. The van der Waals surface area contributed by atoms with Crippen LogP contribution in [0.15, 0.2) is 24.3 Å². The van der Waals surface area contributed by atoms with Crippen molar-refractivity contribution >= 4 is 11.8 Å². The summed E-state index contributed by atoms with van der Waals surface area (Å²) in [6.07, 6.45) is 1.25. The largest absolute Gasteiger partial charge is 0.329 e. The summed E-state index contributed by atoms with van der Waals surface area (Å²) in [5.74, 6) is 1.98. The summed E-state index contributed by atoms with van der Waals surface area (Å²) in [5.41, 5.74) is 8.55. The first-order chi connectivity index (χ1) is 7.67. The van der Waals surface area contributed by atoms with Gasteiger partial charge in [-0.15, -0.1) is 0 Å². The molecule has 1 rings (SSSR count). The van der Waals surface area contributed by atoms with Gasteiger partial charge in [0, 0.05) is 11.8 Å². The maximum absolute atomic E-state index is 5.86. The van der Waals surface area contributed by atoms with E-state index in [0.717, 1.165) is 12.5 Å². The number of rotatable bonds is 6. The van der Waals surface area contributed by atoms with Crippen molar-refractivity contribution in [3.05, 3.63) is 35.4 Å². The molecule has 0 heterocycles. The molecule has 0 aromatic heterocycles. The smallest absolute Gasteiger partial charge is 0.0419 e. The summed E-state index contributed by atoms with van der Waals surface area (Å²) in [6, 6.07) is 8.70. The molecule has 0 bridgehead atoms. The maximum atomic E-state index is 5.86. The molecule has 0 saturated heterocycles. The molecule has 1 aromatic carbocycles. The van der Waals surface area contributed by atoms with Crippen molar-refractivity contribution in [2.75, 3.05) is 12.3 Å². The van der Waals surface area contributed by atoms with E-state index in [1.54, 1.807) is 0 Å². The van der Waals surface area contributed by atoms with Gasteiger partial charge in [-0.2, -0.15) is 11.8 Å². The number of hydrogen-bond acceptors (Lipinski definition) is 2. The molecule has 0 radical (unpaired) electrons. The maximum Gasteiger partial charge on any atom is 0.0419 e. The monoisotopic (exact) mass is 237 g/mol. The summed E-state index contributed by atoms with van der Waals surface area (Å²) >= 11 is 1.99. The zero-order chi connectivity index (χ0) is 12.0. The van der Waals surface area contributed by atoms with Gasteiger partial charge in [0.2, 0.25) is 0 Å². The SMILES string of the molecule is CCC(C)CSC(CN)c1cccc(C)c1. The predicted molar refractivity (Wildman–Crippen MR) is 74.9 cm³/mol. The Morgan fingerprint density at radius 3 is 2.69 bits per heavy atom. The lowest BCUT2D eigenvalue weighted by Gasteiger charge is -2.17. The van der Waals surface area contributed by atoms with E-state index in [0.29, 0.717) is 5.25 Å². The van der Waals surface area contributed by atoms with Gasteiger partial charge in [-0.05, 0) is 24.2 Å². The van der Waals surface area contributed by atoms with Crippen LogP contribution < -0.4 is 5.73 Å². The molecular weight excluding hydrogens is 214 g/mol. The van der Waals surface area contributed by atoms with E-state index < -0.39 is 0 Å². The second kappa shape index (κ2) is 6.97. The van der Waals surface area contributed by atoms with Crippen molar-refractivity contribution in [3.63, 3.8) is 0 Å². The van der Waals surface area contributed by atoms with Gasteiger partial charge in [0.15, 0.2) is 0 Å². The van der Waals surface area contributed by atoms with Crippen LogP contribution in [0.2, 0.25) is 0 Å². The lowest BCUT2D eigenvalue weighted by atomic mass is 10.1. The highest BCUT2D eigenvalue weighted by atomic mass is 32.2. The van der Waals surface area contributed by atoms with Crippen LogP contribution >= 0.6 is 11.8 Å². The Morgan fingerprint density at radius 1 is 1.38 bits per heavy atom. The lowest BCUT2D eigenvalue weighted by Crippen LogP contribution is -2.11. The molecule has 2 N–H and O–H groups in total. The first-order valence-corrected chi connectivity index (χ1v) is 7.10. The van der Waals surface area contributed by atoms with E-state index in [9.17, 15) is 0 Å². The van der Waals surface area contributed by atoms with Crippen LogP contribution in [0.25, 0.3) is 0 Å². The van der Waals surface area contributed by atoms with Crippen molar-refractivity contribution in [2.24, 2.45) is 11.7 Å². The van der Waals surface area contributed by atoms with Gasteiger partial charge in [0.05, 0.1) is 0 Å². The summed E-state index contributed by atoms with van der Waals surface area (Å²) in [7, 11) is 0. The van der Waals surface area contributed by atoms with Gasteiger partial charge >= 0.3 is 0 Å². The molecule has 0 aliphatic heterocycles. The minimum atomic E-state index is 0.453. The van der Waals surface area contributed by atoms with Gasteiger partial charge in [-0.1, -0.05) is 50.1 Å². The minimum Gasteiger partial charge on any atom is -0.329 e. The molecule has 2 heteroatoms. The third-order valence-corrected chi connectivity index (χ3v) is 4.54. The molecule has 2 unspecified atom stereocenters. The van der Waals surface area contributed by atoms with Crippen molar-refractivity contribution in [1.29, 1.82) is 0 Å². The summed E-state index contributed by atoms with van der Waals surface area (Å²) < 4.78 is 0. The van der Waals surface area contributed by atoms with Gasteiger partial charge in [0.1, 0.15) is 0 Å². The van der Waals surface area contributed by atoms with Crippen LogP contribution in [0.4, 0.5) is 0 Å². The average Bonchev–Trinajstić information content (AvgIpc) is 2.29. The molecule has 0 fully saturated rings. The van der Waals surface area contributed by atoms with Crippen LogP contribution in [0, 0.1) is 12.8 Å². The Hall–Kier alpha value is -0.470. The van der Waals surface area contributed by atoms with E-state index in [4.69, 9.17) is 5.73 Å². The molecule has 16 heavy (non-hydrogen) atoms. The number of benzene rings is 1. The highest BCUT2D eigenvalue weighted by Crippen LogP contribution is 2.30. The zero-order valence-electron chi connectivity index (χ0n) is 10.6. The first kappa shape index (κ1) is 13.6. The van der Waals surface area contributed by atoms with E-state index >= 15 is 0 Å². The van der Waals surface area contributed by atoms with E-state index in [1.807, 2.05) is 11.8 Å². The predicted octanol–water partition coefficient (Wildman–Crippen LogP) is 3.77. The second-order valence-electron chi connectivity index (χ2n) is 4.49. The van der Waals surface area contributed by atoms with E-state index in [2.05, 4.69) is 45.0 Å². The molecule has 0 amide bonds. The molecule has 1 nitrogen and oxygen atoms in total. The highest BCUT2D eigenvalue weighted by Gasteiger charge is 2.11. The Balaban J connectivity index is 2.60. The molecule has 0 saturated carbocycles. The number of nitrogens with two attached hydrogens (primary N) is 1. The Labute approximate surface area is 104 Å². The minimum absolute atomic E-state index is 0.453. The van der Waals surface area contributed by atoms with Gasteiger partial charge in [0.25, 0.3) is 0 Å². The van der Waals surface area contributed by atoms with Crippen LogP contribution in [0.5, 0.6) is 0 Å². The number of hydrogen-bond donors (Lipinski definition) is 1. The summed E-state index contributed by atoms with van der Waals surface area (Å²) in [5, 5.41) is 0.453. The van der Waals surface area contributed by atoms with Gasteiger partial charge in [-0.3, -0.25) is 0 Å². The Morgan fingerprint density at radius 2 is 2.12 bits per heavy atom. The van der Waals surface area contributed by atoms with E-state index in [1.165, 1.54) is 23.3 Å². The molecule has 2 atom stereocenters. The van der Waals surface area contributed by atoms with Crippen LogP contribution in [0.3, 0.4) is 0 Å². The van der Waals surface area contributed by atoms with Gasteiger partial charge < -0.3 is 5.73 Å². The fraction of sp³-hybridized carbons (Fsp3) is 0.571. The van der Waals surface area contributed by atoms with Crippen LogP contribution in [0.1, 0.15) is 36.6 Å². The van der Waals surface area contributed by atoms with Crippen LogP contribution in [-0.4, -0.2) is 12.3 Å². The van der Waals surface area contributed by atoms with Crippen molar-refractivity contribution in [3.8, 4) is 0 Å². The van der Waals surface area contributed by atoms with E-state index in [-0.39, 0.29) is 0 Å². The average molecular weight is 237 g/mol. The molecular formula is C14H23NS. The topological polar surface area (TPSA) is 26.0 Å². The van der Waals surface area contributed by atoms with Crippen LogP contribution in [-0.2, 0) is 0 Å². The number of aryl methyl sites for hydroxylation is 1. The molecule has 0 aliphatic rings. The Kier molecular flexibility index (Phi) is 5.93. The molecule has 0 aliphatic carbocycles. The number of thioether (sulfide) groups is 1. The zero-order valence-corrected chi connectivity index (χ0v) is 11.4. The van der Waals surface area contributed by atoms with Gasteiger partial charge in [-0.25, -0.2) is 0 Å². The Bertz CT molecular complexity index is 311. The second-order valence-corrected chi connectivity index (χ2v) is 5.72. The molecule has 0 spiro atoms. The first-order valence-electron chi connectivity index (χ1n) is 6.05. The summed E-state index contributed by atoms with van der Waals surface area (Å²) in [4.78, 5) is 0. The third kappa shape index (κ3) is 4.18. The lowest BCUT2D eigenvalue weighted by molar-refractivity contribution is 0.635. The molecule has 1 aromatic rings. The quantitative estimate of drug-likeness (QED) is 0.815. The molecule has 90 valence electrons. The standard InChI is InChI=1S/C14H23NS/c1-4-11(2)10-16-14(9-15)13-7-5-6-12(3)8-13/h5-8,11,14H,4,9-10,15H2,1-3H3. The third-order valence-electron chi connectivity index (χ3n) is 2.91. The normalized spacial score (nSPS) is 14.8. The summed E-state index contributed by atoms with van der Waals surface area (Å²) in [6.45, 7) is 7.41.